The van der Waals surface area contributed by atoms with Crippen LogP contribution in [0.4, 0.5) is 0 Å². The highest BCUT2D eigenvalue weighted by atomic mass is 79.9. The molecular formula is C14H15BrClNO3S2. The smallest absolute Gasteiger partial charge is 0.243 e. The molecule has 0 bridgehead atoms. The van der Waals surface area contributed by atoms with E-state index in [1.54, 1.807) is 24.3 Å². The predicted molar refractivity (Wildman–Crippen MR) is 93.3 cm³/mol. The van der Waals surface area contributed by atoms with Gasteiger partial charge in [0.15, 0.2) is 0 Å². The van der Waals surface area contributed by atoms with E-state index in [-0.39, 0.29) is 4.90 Å². The first-order valence-corrected chi connectivity index (χ1v) is 9.89. The Morgan fingerprint density at radius 1 is 1.32 bits per heavy atom. The summed E-state index contributed by atoms with van der Waals surface area (Å²) in [7, 11) is -2.04. The van der Waals surface area contributed by atoms with E-state index in [1.807, 2.05) is 13.0 Å². The molecule has 22 heavy (non-hydrogen) atoms. The Balaban J connectivity index is 2.32. The first-order valence-electron chi connectivity index (χ1n) is 6.46. The Labute approximate surface area is 147 Å². The Bertz CT molecular complexity index is 761. The molecule has 2 aromatic rings. The molecule has 0 atom stereocenters. The molecule has 0 aliphatic rings. The van der Waals surface area contributed by atoms with Crippen LogP contribution in [0.15, 0.2) is 39.7 Å². The van der Waals surface area contributed by atoms with Gasteiger partial charge in [0.2, 0.25) is 10.0 Å². The summed E-state index contributed by atoms with van der Waals surface area (Å²) in [6.45, 7) is 2.49. The summed E-state index contributed by atoms with van der Waals surface area (Å²) in [5.74, 6) is 0.590. The van der Waals surface area contributed by atoms with Crippen LogP contribution in [0, 0.1) is 0 Å². The average Bonchev–Trinajstić information content (AvgIpc) is 2.89. The number of ether oxygens (including phenoxy) is 1. The van der Waals surface area contributed by atoms with E-state index >= 15 is 0 Å². The van der Waals surface area contributed by atoms with Crippen molar-refractivity contribution >= 4 is 48.9 Å². The van der Waals surface area contributed by atoms with E-state index in [0.29, 0.717) is 27.6 Å². The van der Waals surface area contributed by atoms with E-state index in [9.17, 15) is 8.42 Å². The van der Waals surface area contributed by atoms with Gasteiger partial charge in [-0.05, 0) is 46.3 Å². The number of methoxy groups -OCH3 is 1. The Kier molecular flexibility index (Phi) is 5.90. The SMILES string of the molecule is CCN(Cc1ccc(Cl)s1)S(=O)(=O)c1ccc(OC)c(Br)c1. The summed E-state index contributed by atoms with van der Waals surface area (Å²) in [5.41, 5.74) is 0. The molecule has 1 aromatic heterocycles. The van der Waals surface area contributed by atoms with E-state index in [4.69, 9.17) is 16.3 Å². The van der Waals surface area contributed by atoms with Crippen LogP contribution in [0.1, 0.15) is 11.8 Å². The van der Waals surface area contributed by atoms with Gasteiger partial charge in [0, 0.05) is 18.0 Å². The number of sulfonamides is 1. The molecule has 2 rings (SSSR count). The molecule has 120 valence electrons. The lowest BCUT2D eigenvalue weighted by Gasteiger charge is -2.20. The summed E-state index contributed by atoms with van der Waals surface area (Å²) in [4.78, 5) is 1.13. The van der Waals surface area contributed by atoms with Gasteiger partial charge in [0.05, 0.1) is 20.8 Å². The molecule has 0 unspecified atom stereocenters. The molecule has 0 saturated heterocycles. The van der Waals surface area contributed by atoms with Crippen LogP contribution in [-0.2, 0) is 16.6 Å². The zero-order valence-electron chi connectivity index (χ0n) is 12.0. The second-order valence-electron chi connectivity index (χ2n) is 4.43. The van der Waals surface area contributed by atoms with E-state index in [0.717, 1.165) is 4.88 Å². The van der Waals surface area contributed by atoms with E-state index < -0.39 is 10.0 Å². The second-order valence-corrected chi connectivity index (χ2v) is 9.03. The van der Waals surface area contributed by atoms with Gasteiger partial charge in [-0.25, -0.2) is 8.42 Å². The highest BCUT2D eigenvalue weighted by Gasteiger charge is 2.24. The normalized spacial score (nSPS) is 11.9. The molecule has 1 heterocycles. The number of rotatable bonds is 6. The Hall–Kier alpha value is -0.600. The number of thiophene rings is 1. The molecule has 0 aliphatic heterocycles. The first kappa shape index (κ1) is 17.7. The third-order valence-electron chi connectivity index (χ3n) is 3.07. The van der Waals surface area contributed by atoms with Crippen molar-refractivity contribution < 1.29 is 13.2 Å². The van der Waals surface area contributed by atoms with Crippen molar-refractivity contribution in [1.29, 1.82) is 0 Å². The van der Waals surface area contributed by atoms with E-state index in [2.05, 4.69) is 15.9 Å². The molecule has 8 heteroatoms. The summed E-state index contributed by atoms with van der Waals surface area (Å²) >= 11 is 10.6. The monoisotopic (exact) mass is 423 g/mol. The number of benzene rings is 1. The van der Waals surface area contributed by atoms with Gasteiger partial charge in [0.25, 0.3) is 0 Å². The summed E-state index contributed by atoms with van der Waals surface area (Å²) in [5, 5.41) is 0. The van der Waals surface area contributed by atoms with Crippen LogP contribution >= 0.6 is 38.9 Å². The first-order chi connectivity index (χ1) is 10.4. The van der Waals surface area contributed by atoms with Gasteiger partial charge in [-0.1, -0.05) is 18.5 Å². The molecule has 0 fully saturated rings. The van der Waals surface area contributed by atoms with Crippen molar-refractivity contribution in [1.82, 2.24) is 4.31 Å². The van der Waals surface area contributed by atoms with Crippen LogP contribution in [0.3, 0.4) is 0 Å². The van der Waals surface area contributed by atoms with Gasteiger partial charge in [0.1, 0.15) is 5.75 Å². The van der Waals surface area contributed by atoms with Gasteiger partial charge in [-0.15, -0.1) is 11.3 Å². The fourth-order valence-electron chi connectivity index (χ4n) is 1.93. The molecule has 0 spiro atoms. The predicted octanol–water partition coefficient (Wildman–Crippen LogP) is 4.38. The van der Waals surface area contributed by atoms with Crippen molar-refractivity contribution in [2.45, 2.75) is 18.4 Å². The zero-order chi connectivity index (χ0) is 16.3. The van der Waals surface area contributed by atoms with Crippen LogP contribution in [0.2, 0.25) is 4.34 Å². The third-order valence-corrected chi connectivity index (χ3v) is 6.83. The minimum absolute atomic E-state index is 0.227. The van der Waals surface area contributed by atoms with Gasteiger partial charge < -0.3 is 4.74 Å². The van der Waals surface area contributed by atoms with Gasteiger partial charge in [-0.2, -0.15) is 4.31 Å². The second kappa shape index (κ2) is 7.31. The van der Waals surface area contributed by atoms with Crippen LogP contribution < -0.4 is 4.74 Å². The largest absolute Gasteiger partial charge is 0.496 e. The quantitative estimate of drug-likeness (QED) is 0.691. The lowest BCUT2D eigenvalue weighted by atomic mass is 10.3. The van der Waals surface area contributed by atoms with Crippen molar-refractivity contribution in [2.24, 2.45) is 0 Å². The molecular weight excluding hydrogens is 410 g/mol. The Morgan fingerprint density at radius 3 is 2.55 bits per heavy atom. The highest BCUT2D eigenvalue weighted by Crippen LogP contribution is 2.30. The zero-order valence-corrected chi connectivity index (χ0v) is 16.0. The average molecular weight is 425 g/mol. The minimum Gasteiger partial charge on any atom is -0.496 e. The van der Waals surface area contributed by atoms with Gasteiger partial charge in [-0.3, -0.25) is 0 Å². The summed E-state index contributed by atoms with van der Waals surface area (Å²) in [6, 6.07) is 8.34. The maximum Gasteiger partial charge on any atom is 0.243 e. The fourth-order valence-corrected chi connectivity index (χ4v) is 5.27. The van der Waals surface area contributed by atoms with Crippen molar-refractivity contribution in [3.8, 4) is 5.75 Å². The molecule has 4 nitrogen and oxygen atoms in total. The molecule has 0 saturated carbocycles. The number of nitrogens with zero attached hydrogens (tertiary/aromatic N) is 1. The maximum absolute atomic E-state index is 12.8. The summed E-state index contributed by atoms with van der Waals surface area (Å²) < 4.78 is 33.3. The molecule has 0 aliphatic carbocycles. The number of hydrogen-bond donors (Lipinski definition) is 0. The van der Waals surface area contributed by atoms with Crippen LogP contribution in [0.25, 0.3) is 0 Å². The summed E-state index contributed by atoms with van der Waals surface area (Å²) in [6.07, 6.45) is 0. The molecule has 0 amide bonds. The third kappa shape index (κ3) is 3.83. The van der Waals surface area contributed by atoms with Crippen molar-refractivity contribution in [3.63, 3.8) is 0 Å². The molecule has 0 N–H and O–H groups in total. The van der Waals surface area contributed by atoms with Crippen LogP contribution in [-0.4, -0.2) is 26.4 Å². The lowest BCUT2D eigenvalue weighted by Crippen LogP contribution is -2.30. The molecule has 1 aromatic carbocycles. The maximum atomic E-state index is 12.8. The molecule has 0 radical (unpaired) electrons. The number of hydrogen-bond acceptors (Lipinski definition) is 4. The standard InChI is InChI=1S/C14H15BrClNO3S2/c1-3-17(9-10-4-7-14(16)21-10)22(18,19)11-5-6-13(20-2)12(15)8-11/h4-8H,3,9H2,1-2H3. The minimum atomic E-state index is -3.58. The lowest BCUT2D eigenvalue weighted by molar-refractivity contribution is 0.410. The Morgan fingerprint density at radius 2 is 2.05 bits per heavy atom. The number of halogens is 2. The fraction of sp³-hybridized carbons (Fsp3) is 0.286. The topological polar surface area (TPSA) is 46.6 Å². The van der Waals surface area contributed by atoms with Crippen molar-refractivity contribution in [2.75, 3.05) is 13.7 Å². The van der Waals surface area contributed by atoms with E-state index in [1.165, 1.54) is 22.8 Å². The van der Waals surface area contributed by atoms with Crippen molar-refractivity contribution in [3.05, 3.63) is 44.0 Å². The highest BCUT2D eigenvalue weighted by molar-refractivity contribution is 9.10. The van der Waals surface area contributed by atoms with Crippen LogP contribution in [0.5, 0.6) is 5.75 Å². The van der Waals surface area contributed by atoms with Gasteiger partial charge >= 0.3 is 0 Å².